The van der Waals surface area contributed by atoms with E-state index < -0.39 is 5.97 Å². The molecule has 3 heteroatoms. The minimum atomic E-state index is -0.855. The van der Waals surface area contributed by atoms with E-state index in [0.29, 0.717) is 5.56 Å². The Hall–Kier alpha value is -1.77. The Labute approximate surface area is 126 Å². The molecule has 1 heterocycles. The van der Waals surface area contributed by atoms with Gasteiger partial charge < -0.3 is 9.67 Å². The fraction of sp³-hybridized carbons (Fsp3) is 0.500. The Bertz CT molecular complexity index is 702. The highest BCUT2D eigenvalue weighted by molar-refractivity contribution is 5.97. The van der Waals surface area contributed by atoms with E-state index in [-0.39, 0.29) is 5.41 Å². The van der Waals surface area contributed by atoms with E-state index in [9.17, 15) is 9.90 Å². The van der Waals surface area contributed by atoms with Crippen LogP contribution in [0.15, 0.2) is 12.1 Å². The zero-order chi connectivity index (χ0) is 15.9. The Morgan fingerprint density at radius 3 is 2.38 bits per heavy atom. The summed E-state index contributed by atoms with van der Waals surface area (Å²) in [7, 11) is 2.08. The van der Waals surface area contributed by atoms with E-state index in [1.165, 1.54) is 16.8 Å². The first-order chi connectivity index (χ1) is 9.68. The molecule has 0 aliphatic carbocycles. The van der Waals surface area contributed by atoms with Crippen molar-refractivity contribution in [1.29, 1.82) is 0 Å². The fourth-order valence-electron chi connectivity index (χ4n) is 3.05. The van der Waals surface area contributed by atoms with E-state index >= 15 is 0 Å². The molecular weight excluding hydrogens is 262 g/mol. The van der Waals surface area contributed by atoms with Crippen LogP contribution in [0.1, 0.15) is 61.3 Å². The van der Waals surface area contributed by atoms with E-state index in [4.69, 9.17) is 0 Å². The van der Waals surface area contributed by atoms with Gasteiger partial charge in [-0.05, 0) is 42.0 Å². The summed E-state index contributed by atoms with van der Waals surface area (Å²) in [4.78, 5) is 11.5. The summed E-state index contributed by atoms with van der Waals surface area (Å²) in [5, 5.41) is 10.5. The predicted molar refractivity (Wildman–Crippen MR) is 87.3 cm³/mol. The molecule has 0 saturated carbocycles. The molecule has 0 amide bonds. The topological polar surface area (TPSA) is 42.2 Å². The van der Waals surface area contributed by atoms with Crippen molar-refractivity contribution < 1.29 is 9.90 Å². The number of carbonyl (C=O) groups is 1. The summed E-state index contributed by atoms with van der Waals surface area (Å²) < 4.78 is 2.21. The van der Waals surface area contributed by atoms with Gasteiger partial charge in [0.25, 0.3) is 0 Å². The second-order valence-corrected chi connectivity index (χ2v) is 6.85. The van der Waals surface area contributed by atoms with Crippen molar-refractivity contribution in [1.82, 2.24) is 4.57 Å². The first-order valence-electron chi connectivity index (χ1n) is 7.54. The van der Waals surface area contributed by atoms with E-state index in [1.54, 1.807) is 0 Å². The lowest BCUT2D eigenvalue weighted by molar-refractivity contribution is 0.0697. The van der Waals surface area contributed by atoms with Crippen LogP contribution in [0.5, 0.6) is 0 Å². The molecule has 2 rings (SSSR count). The lowest BCUT2D eigenvalue weighted by Crippen LogP contribution is -2.14. The molecule has 0 aliphatic heterocycles. The second-order valence-electron chi connectivity index (χ2n) is 6.85. The van der Waals surface area contributed by atoms with Crippen molar-refractivity contribution in [2.24, 2.45) is 7.05 Å². The zero-order valence-corrected chi connectivity index (χ0v) is 13.9. The maximum atomic E-state index is 11.5. The van der Waals surface area contributed by atoms with Crippen molar-refractivity contribution >= 4 is 16.9 Å². The van der Waals surface area contributed by atoms with Crippen molar-refractivity contribution in [3.05, 3.63) is 34.5 Å². The van der Waals surface area contributed by atoms with Crippen LogP contribution in [-0.4, -0.2) is 15.6 Å². The van der Waals surface area contributed by atoms with Gasteiger partial charge in [0.1, 0.15) is 0 Å². The number of fused-ring (bicyclic) bond motifs is 1. The third kappa shape index (κ3) is 2.57. The summed E-state index contributed by atoms with van der Waals surface area (Å²) in [6.45, 7) is 10.7. The number of nitrogens with zero attached hydrogens (tertiary/aromatic N) is 1. The number of aromatic carboxylic acids is 1. The Kier molecular flexibility index (Phi) is 3.87. The van der Waals surface area contributed by atoms with Crippen LogP contribution in [0.4, 0.5) is 0 Å². The van der Waals surface area contributed by atoms with Gasteiger partial charge in [-0.25, -0.2) is 4.79 Å². The number of aromatic nitrogens is 1. The van der Waals surface area contributed by atoms with Gasteiger partial charge in [-0.15, -0.1) is 0 Å². The Morgan fingerprint density at radius 2 is 1.90 bits per heavy atom. The highest BCUT2D eigenvalue weighted by atomic mass is 16.4. The van der Waals surface area contributed by atoms with Gasteiger partial charge in [0.15, 0.2) is 0 Å². The van der Waals surface area contributed by atoms with Crippen LogP contribution in [0.25, 0.3) is 10.9 Å². The maximum Gasteiger partial charge on any atom is 0.335 e. The van der Waals surface area contributed by atoms with Gasteiger partial charge in [-0.2, -0.15) is 0 Å². The van der Waals surface area contributed by atoms with Gasteiger partial charge in [-0.3, -0.25) is 0 Å². The van der Waals surface area contributed by atoms with E-state index in [0.717, 1.165) is 23.8 Å². The normalized spacial score (nSPS) is 12.1. The first-order valence-corrected chi connectivity index (χ1v) is 7.54. The monoisotopic (exact) mass is 287 g/mol. The summed E-state index contributed by atoms with van der Waals surface area (Å²) in [6, 6.07) is 3.67. The number of rotatable bonds is 3. The van der Waals surface area contributed by atoms with Gasteiger partial charge in [0, 0.05) is 18.1 Å². The van der Waals surface area contributed by atoms with Crippen LogP contribution < -0.4 is 0 Å². The molecule has 0 radical (unpaired) electrons. The maximum absolute atomic E-state index is 11.5. The zero-order valence-electron chi connectivity index (χ0n) is 13.9. The minimum absolute atomic E-state index is 0.0915. The molecule has 1 N–H and O–H groups in total. The van der Waals surface area contributed by atoms with Crippen LogP contribution in [0.3, 0.4) is 0 Å². The van der Waals surface area contributed by atoms with Crippen LogP contribution in [-0.2, 0) is 18.9 Å². The van der Waals surface area contributed by atoms with Crippen molar-refractivity contribution in [3.63, 3.8) is 0 Å². The number of hydrogen-bond acceptors (Lipinski definition) is 1. The molecule has 3 nitrogen and oxygen atoms in total. The summed E-state index contributed by atoms with van der Waals surface area (Å²) in [5.74, 6) is -0.855. The summed E-state index contributed by atoms with van der Waals surface area (Å²) >= 11 is 0. The third-order valence-electron chi connectivity index (χ3n) is 4.27. The van der Waals surface area contributed by atoms with Crippen molar-refractivity contribution in [3.8, 4) is 0 Å². The molecular formula is C18H25NO2. The number of benzene rings is 1. The molecule has 1 aromatic carbocycles. The van der Waals surface area contributed by atoms with Gasteiger partial charge in [0.2, 0.25) is 0 Å². The number of carboxylic acid groups (broad SMARTS) is 1. The van der Waals surface area contributed by atoms with Crippen LogP contribution >= 0.6 is 0 Å². The molecule has 0 saturated heterocycles. The Morgan fingerprint density at radius 1 is 1.29 bits per heavy atom. The molecule has 114 valence electrons. The molecule has 0 atom stereocenters. The first kappa shape index (κ1) is 15.6. The number of carboxylic acids is 1. The lowest BCUT2D eigenvalue weighted by Gasteiger charge is -2.22. The second kappa shape index (κ2) is 5.21. The highest BCUT2D eigenvalue weighted by Gasteiger charge is 2.24. The van der Waals surface area contributed by atoms with E-state index in [1.807, 2.05) is 12.1 Å². The SMILES string of the molecule is CCCc1c(C)n(C)c2c(C(C)(C)C)cc(C(=O)O)cc12. The number of hydrogen-bond donors (Lipinski definition) is 1. The highest BCUT2D eigenvalue weighted by Crippen LogP contribution is 2.36. The van der Waals surface area contributed by atoms with Crippen molar-refractivity contribution in [2.75, 3.05) is 0 Å². The fourth-order valence-corrected chi connectivity index (χ4v) is 3.05. The molecule has 1 aromatic heterocycles. The van der Waals surface area contributed by atoms with Crippen molar-refractivity contribution in [2.45, 2.75) is 52.9 Å². The van der Waals surface area contributed by atoms with Gasteiger partial charge in [0.05, 0.1) is 11.1 Å². The predicted octanol–water partition coefficient (Wildman–Crippen LogP) is 4.43. The van der Waals surface area contributed by atoms with E-state index in [2.05, 4.69) is 46.2 Å². The molecule has 0 unspecified atom stereocenters. The Balaban J connectivity index is 2.95. The quantitative estimate of drug-likeness (QED) is 0.907. The molecule has 0 fully saturated rings. The molecule has 21 heavy (non-hydrogen) atoms. The lowest BCUT2D eigenvalue weighted by atomic mass is 9.84. The standard InChI is InChI=1S/C18H25NO2/c1-7-8-13-11(2)19(6)16-14(13)9-12(17(20)21)10-15(16)18(3,4)5/h9-10H,7-8H2,1-6H3,(H,20,21). The minimum Gasteiger partial charge on any atom is -0.478 e. The van der Waals surface area contributed by atoms with Gasteiger partial charge >= 0.3 is 5.97 Å². The summed E-state index contributed by atoms with van der Waals surface area (Å²) in [6.07, 6.45) is 2.04. The largest absolute Gasteiger partial charge is 0.478 e. The average Bonchev–Trinajstić information content (AvgIpc) is 2.62. The van der Waals surface area contributed by atoms with Crippen LogP contribution in [0.2, 0.25) is 0 Å². The molecule has 2 aromatic rings. The van der Waals surface area contributed by atoms with Gasteiger partial charge in [-0.1, -0.05) is 34.1 Å². The summed E-state index contributed by atoms with van der Waals surface area (Å²) in [5.41, 5.74) is 5.09. The molecule has 0 bridgehead atoms. The average molecular weight is 287 g/mol. The number of aryl methyl sites for hydroxylation is 2. The molecule has 0 spiro atoms. The third-order valence-corrected chi connectivity index (χ3v) is 4.27. The van der Waals surface area contributed by atoms with Crippen LogP contribution in [0, 0.1) is 6.92 Å². The smallest absolute Gasteiger partial charge is 0.335 e. The molecule has 0 aliphatic rings.